The molecule has 0 radical (unpaired) electrons. The number of nitrogens with two attached hydrogens (primary N) is 1. The van der Waals surface area contributed by atoms with Crippen molar-refractivity contribution < 1.29 is 9.13 Å². The van der Waals surface area contributed by atoms with Crippen LogP contribution in [0.15, 0.2) is 11.8 Å². The van der Waals surface area contributed by atoms with Crippen molar-refractivity contribution >= 4 is 0 Å². The zero-order chi connectivity index (χ0) is 9.31. The van der Waals surface area contributed by atoms with Crippen LogP contribution in [0, 0.1) is 0 Å². The molecular weight excluding hydrogens is 169 g/mol. The van der Waals surface area contributed by atoms with E-state index in [4.69, 9.17) is 10.5 Å². The molecule has 0 aromatic heterocycles. The van der Waals surface area contributed by atoms with Gasteiger partial charge in [0.25, 0.3) is 0 Å². The molecule has 2 aliphatic rings. The molecule has 0 spiro atoms. The minimum atomic E-state index is -1.25. The van der Waals surface area contributed by atoms with Gasteiger partial charge in [0.15, 0.2) is 5.67 Å². The molecule has 0 saturated heterocycles. The molecule has 1 saturated carbocycles. The van der Waals surface area contributed by atoms with Gasteiger partial charge >= 0.3 is 0 Å². The predicted molar refractivity (Wildman–Crippen MR) is 48.9 cm³/mol. The summed E-state index contributed by atoms with van der Waals surface area (Å²) in [5, 5.41) is 0. The zero-order valence-electron chi connectivity index (χ0n) is 7.76. The molecule has 2 unspecified atom stereocenters. The van der Waals surface area contributed by atoms with Gasteiger partial charge in [-0.05, 0) is 31.8 Å². The van der Waals surface area contributed by atoms with Crippen molar-refractivity contribution in [3.63, 3.8) is 0 Å². The molecule has 74 valence electrons. The summed E-state index contributed by atoms with van der Waals surface area (Å²) in [5.41, 5.74) is 4.44. The topological polar surface area (TPSA) is 35.2 Å². The minimum Gasteiger partial charge on any atom is -0.495 e. The summed E-state index contributed by atoms with van der Waals surface area (Å²) in [5.74, 6) is 0.548. The number of halogens is 1. The number of alkyl halides is 1. The van der Waals surface area contributed by atoms with E-state index in [9.17, 15) is 4.39 Å². The standard InChI is InChI=1S/C10H16FNO/c11-10(5-4-8(12)7-10)9-3-1-2-6-13-9/h3,8H,1-2,4-7,12H2. The lowest BCUT2D eigenvalue weighted by Crippen LogP contribution is -2.28. The third-order valence-electron chi connectivity index (χ3n) is 2.87. The van der Waals surface area contributed by atoms with E-state index in [1.54, 1.807) is 0 Å². The first-order chi connectivity index (χ1) is 6.21. The van der Waals surface area contributed by atoms with Gasteiger partial charge in [0, 0.05) is 12.5 Å². The lowest BCUT2D eigenvalue weighted by Gasteiger charge is -2.26. The van der Waals surface area contributed by atoms with E-state index in [-0.39, 0.29) is 6.04 Å². The molecule has 0 aromatic carbocycles. The summed E-state index contributed by atoms with van der Waals surface area (Å²) in [6.07, 6.45) is 5.57. The van der Waals surface area contributed by atoms with Crippen LogP contribution in [0.2, 0.25) is 0 Å². The number of allylic oxidation sites excluding steroid dienone is 2. The van der Waals surface area contributed by atoms with Gasteiger partial charge < -0.3 is 10.5 Å². The van der Waals surface area contributed by atoms with E-state index >= 15 is 0 Å². The molecule has 1 fully saturated rings. The first kappa shape index (κ1) is 9.00. The van der Waals surface area contributed by atoms with Gasteiger partial charge in [-0.25, -0.2) is 4.39 Å². The van der Waals surface area contributed by atoms with Gasteiger partial charge in [0.05, 0.1) is 6.61 Å². The van der Waals surface area contributed by atoms with Crippen molar-refractivity contribution in [2.45, 2.75) is 43.8 Å². The molecule has 0 aromatic rings. The Labute approximate surface area is 77.9 Å². The highest BCUT2D eigenvalue weighted by Crippen LogP contribution is 2.40. The summed E-state index contributed by atoms with van der Waals surface area (Å²) in [4.78, 5) is 0. The molecule has 2 rings (SSSR count). The van der Waals surface area contributed by atoms with Crippen LogP contribution < -0.4 is 5.73 Å². The van der Waals surface area contributed by atoms with Crippen molar-refractivity contribution in [1.29, 1.82) is 0 Å². The Hall–Kier alpha value is -0.570. The second-order valence-electron chi connectivity index (χ2n) is 4.03. The summed E-state index contributed by atoms with van der Waals surface area (Å²) >= 11 is 0. The summed E-state index contributed by atoms with van der Waals surface area (Å²) < 4.78 is 19.5. The third-order valence-corrected chi connectivity index (χ3v) is 2.87. The van der Waals surface area contributed by atoms with E-state index in [0.717, 1.165) is 19.3 Å². The van der Waals surface area contributed by atoms with Gasteiger partial charge in [-0.15, -0.1) is 0 Å². The van der Waals surface area contributed by atoms with Crippen molar-refractivity contribution in [3.05, 3.63) is 11.8 Å². The molecule has 1 aliphatic heterocycles. The Balaban J connectivity index is 2.10. The molecule has 3 heteroatoms. The maximum absolute atomic E-state index is 14.2. The maximum Gasteiger partial charge on any atom is 0.168 e. The van der Waals surface area contributed by atoms with Crippen molar-refractivity contribution in [1.82, 2.24) is 0 Å². The number of rotatable bonds is 1. The zero-order valence-corrected chi connectivity index (χ0v) is 7.76. The summed E-state index contributed by atoms with van der Waals surface area (Å²) in [6.45, 7) is 0.659. The molecule has 13 heavy (non-hydrogen) atoms. The molecule has 2 atom stereocenters. The highest BCUT2D eigenvalue weighted by Gasteiger charge is 2.43. The second-order valence-corrected chi connectivity index (χ2v) is 4.03. The molecule has 2 nitrogen and oxygen atoms in total. The van der Waals surface area contributed by atoms with Crippen molar-refractivity contribution in [2.24, 2.45) is 5.73 Å². The highest BCUT2D eigenvalue weighted by molar-refractivity contribution is 5.15. The smallest absolute Gasteiger partial charge is 0.168 e. The summed E-state index contributed by atoms with van der Waals surface area (Å²) in [7, 11) is 0. The van der Waals surface area contributed by atoms with Gasteiger partial charge in [0.2, 0.25) is 0 Å². The Morgan fingerprint density at radius 2 is 2.46 bits per heavy atom. The van der Waals surface area contributed by atoms with Crippen molar-refractivity contribution in [3.8, 4) is 0 Å². The van der Waals surface area contributed by atoms with Crippen LogP contribution >= 0.6 is 0 Å². The summed E-state index contributed by atoms with van der Waals surface area (Å²) in [6, 6.07) is 0.0106. The van der Waals surface area contributed by atoms with Crippen molar-refractivity contribution in [2.75, 3.05) is 6.61 Å². The fourth-order valence-electron chi connectivity index (χ4n) is 2.13. The predicted octanol–water partition coefficient (Wildman–Crippen LogP) is 1.90. The minimum absolute atomic E-state index is 0.0106. The lowest BCUT2D eigenvalue weighted by atomic mass is 9.99. The van der Waals surface area contributed by atoms with E-state index in [2.05, 4.69) is 0 Å². The van der Waals surface area contributed by atoms with Crippen LogP contribution in [0.4, 0.5) is 4.39 Å². The first-order valence-electron chi connectivity index (χ1n) is 4.99. The fourth-order valence-corrected chi connectivity index (χ4v) is 2.13. The average molecular weight is 185 g/mol. The Bertz CT molecular complexity index is 229. The van der Waals surface area contributed by atoms with E-state index < -0.39 is 5.67 Å². The molecule has 0 amide bonds. The van der Waals surface area contributed by atoms with Crippen LogP contribution in [0.1, 0.15) is 32.1 Å². The Morgan fingerprint density at radius 3 is 3.00 bits per heavy atom. The monoisotopic (exact) mass is 185 g/mol. The van der Waals surface area contributed by atoms with Crippen LogP contribution in [0.25, 0.3) is 0 Å². The van der Waals surface area contributed by atoms with E-state index in [1.807, 2.05) is 6.08 Å². The number of ether oxygens (including phenoxy) is 1. The highest BCUT2D eigenvalue weighted by atomic mass is 19.1. The Morgan fingerprint density at radius 1 is 1.62 bits per heavy atom. The SMILES string of the molecule is NC1CCC(F)(C2=CCCCO2)C1. The van der Waals surface area contributed by atoms with Gasteiger partial charge in [-0.2, -0.15) is 0 Å². The molecular formula is C10H16FNO. The normalized spacial score (nSPS) is 39.8. The number of hydrogen-bond donors (Lipinski definition) is 1. The molecule has 1 heterocycles. The fraction of sp³-hybridized carbons (Fsp3) is 0.800. The largest absolute Gasteiger partial charge is 0.495 e. The Kier molecular flexibility index (Phi) is 2.28. The maximum atomic E-state index is 14.2. The van der Waals surface area contributed by atoms with Crippen LogP contribution in [0.5, 0.6) is 0 Å². The molecule has 1 aliphatic carbocycles. The van der Waals surface area contributed by atoms with Gasteiger partial charge in [-0.3, -0.25) is 0 Å². The quantitative estimate of drug-likeness (QED) is 0.677. The van der Waals surface area contributed by atoms with Gasteiger partial charge in [0.1, 0.15) is 5.76 Å². The lowest BCUT2D eigenvalue weighted by molar-refractivity contribution is 0.0781. The van der Waals surface area contributed by atoms with Gasteiger partial charge in [-0.1, -0.05) is 0 Å². The average Bonchev–Trinajstić information content (AvgIpc) is 2.49. The van der Waals surface area contributed by atoms with Crippen LogP contribution in [-0.4, -0.2) is 18.3 Å². The molecule has 2 N–H and O–H groups in total. The van der Waals surface area contributed by atoms with Crippen LogP contribution in [-0.2, 0) is 4.74 Å². The van der Waals surface area contributed by atoms with Crippen LogP contribution in [0.3, 0.4) is 0 Å². The number of hydrogen-bond acceptors (Lipinski definition) is 2. The van der Waals surface area contributed by atoms with E-state index in [1.165, 1.54) is 0 Å². The third kappa shape index (κ3) is 1.70. The first-order valence-corrected chi connectivity index (χ1v) is 4.99. The van der Waals surface area contributed by atoms with E-state index in [0.29, 0.717) is 25.2 Å². The molecule has 0 bridgehead atoms. The second kappa shape index (κ2) is 3.29.